The maximum atomic E-state index is 15.8. The molecule has 226 valence electrons. The molecular formula is C31H28Cl2F3N3O4. The molecule has 4 atom stereocenters. The van der Waals surface area contributed by atoms with Crippen LogP contribution in [0.4, 0.5) is 18.9 Å². The third kappa shape index (κ3) is 6.03. The minimum atomic E-state index is -1.86. The number of methoxy groups -OCH3 is 1. The number of aromatic carboxylic acids is 1. The Hall–Kier alpha value is -3.78. The molecule has 0 saturated carbocycles. The Balaban J connectivity index is 1.96. The summed E-state index contributed by atoms with van der Waals surface area (Å²) in [6.45, 7) is 5.69. The third-order valence-electron chi connectivity index (χ3n) is 7.51. The van der Waals surface area contributed by atoms with Crippen molar-refractivity contribution in [2.45, 2.75) is 50.6 Å². The van der Waals surface area contributed by atoms with Gasteiger partial charge in [0.25, 0.3) is 0 Å². The SMILES string of the molecule is COc1cc(C(=O)O)c(F)cc1NC(=O)C1NC(CC(C)(C)C)C(C#N)(c2ccc(Cl)cc2F)C1c1cccc(Cl)c1F. The molecule has 3 aromatic carbocycles. The van der Waals surface area contributed by atoms with Gasteiger partial charge >= 0.3 is 5.97 Å². The lowest BCUT2D eigenvalue weighted by Gasteiger charge is -2.37. The molecule has 12 heteroatoms. The van der Waals surface area contributed by atoms with Crippen molar-refractivity contribution in [3.63, 3.8) is 0 Å². The second-order valence-electron chi connectivity index (χ2n) is 11.5. The van der Waals surface area contributed by atoms with Crippen molar-refractivity contribution in [3.8, 4) is 11.8 Å². The Kier molecular flexibility index (Phi) is 9.03. The first-order valence-electron chi connectivity index (χ1n) is 13.1. The van der Waals surface area contributed by atoms with E-state index < -0.39 is 63.7 Å². The number of anilines is 1. The number of benzene rings is 3. The first kappa shape index (κ1) is 32.1. The van der Waals surface area contributed by atoms with Crippen LogP contribution in [0.1, 0.15) is 54.6 Å². The van der Waals surface area contributed by atoms with E-state index in [0.717, 1.165) is 18.2 Å². The number of carboxylic acid groups (broad SMARTS) is 1. The van der Waals surface area contributed by atoms with Gasteiger partial charge in [0.15, 0.2) is 0 Å². The number of nitriles is 1. The molecule has 0 spiro atoms. The van der Waals surface area contributed by atoms with E-state index in [-0.39, 0.29) is 39.0 Å². The van der Waals surface area contributed by atoms with Gasteiger partial charge < -0.3 is 20.5 Å². The molecule has 0 aliphatic carbocycles. The van der Waals surface area contributed by atoms with Gasteiger partial charge in [0.1, 0.15) is 28.6 Å². The number of carbonyl (C=O) groups is 2. The minimum Gasteiger partial charge on any atom is -0.495 e. The molecule has 43 heavy (non-hydrogen) atoms. The summed E-state index contributed by atoms with van der Waals surface area (Å²) in [4.78, 5) is 25.5. The summed E-state index contributed by atoms with van der Waals surface area (Å²) in [5.41, 5.74) is -3.42. The summed E-state index contributed by atoms with van der Waals surface area (Å²) in [7, 11) is 1.20. The van der Waals surface area contributed by atoms with Crippen LogP contribution in [0.25, 0.3) is 0 Å². The van der Waals surface area contributed by atoms with Gasteiger partial charge in [-0.2, -0.15) is 5.26 Å². The van der Waals surface area contributed by atoms with Crippen molar-refractivity contribution < 1.29 is 32.6 Å². The lowest BCUT2D eigenvalue weighted by molar-refractivity contribution is -0.118. The van der Waals surface area contributed by atoms with E-state index in [9.17, 15) is 24.3 Å². The van der Waals surface area contributed by atoms with Gasteiger partial charge in [-0.25, -0.2) is 18.0 Å². The van der Waals surface area contributed by atoms with Gasteiger partial charge in [-0.3, -0.25) is 4.79 Å². The standard InChI is InChI=1S/C31H28Cl2F3N3O4/c1-30(2,3)13-24-31(14-37,18-9-8-15(32)10-21(18)35)25(16-6-5-7-19(33)26(16)36)27(39-24)28(40)38-22-12-20(34)17(29(41)42)11-23(22)43-4/h5-12,24-25,27,39H,13H2,1-4H3,(H,38,40)(H,41,42). The minimum absolute atomic E-state index is 0.0753. The zero-order chi connectivity index (χ0) is 31.9. The number of nitrogens with zero attached hydrogens (tertiary/aromatic N) is 1. The summed E-state index contributed by atoms with van der Waals surface area (Å²) < 4.78 is 51.4. The molecular weight excluding hydrogens is 606 g/mol. The highest BCUT2D eigenvalue weighted by atomic mass is 35.5. The van der Waals surface area contributed by atoms with E-state index in [2.05, 4.69) is 16.7 Å². The van der Waals surface area contributed by atoms with Crippen LogP contribution in [0, 0.1) is 34.2 Å². The molecule has 7 nitrogen and oxygen atoms in total. The molecule has 0 aromatic heterocycles. The van der Waals surface area contributed by atoms with Crippen LogP contribution in [0.15, 0.2) is 48.5 Å². The molecule has 1 aliphatic heterocycles. The number of halogens is 5. The average Bonchev–Trinajstić information content (AvgIpc) is 3.23. The fraction of sp³-hybridized carbons (Fsp3) is 0.323. The molecule has 0 bridgehead atoms. The van der Waals surface area contributed by atoms with Crippen LogP contribution in [-0.4, -0.2) is 36.2 Å². The average molecular weight is 634 g/mol. The molecule has 0 radical (unpaired) electrons. The fourth-order valence-corrected chi connectivity index (χ4v) is 6.09. The van der Waals surface area contributed by atoms with Crippen molar-refractivity contribution in [3.05, 3.63) is 92.7 Å². The fourth-order valence-electron chi connectivity index (χ4n) is 5.75. The zero-order valence-electron chi connectivity index (χ0n) is 23.6. The second-order valence-corrected chi connectivity index (χ2v) is 12.4. The Morgan fingerprint density at radius 1 is 1.12 bits per heavy atom. The summed E-state index contributed by atoms with van der Waals surface area (Å²) in [6.07, 6.45) is 0.246. The summed E-state index contributed by atoms with van der Waals surface area (Å²) >= 11 is 12.2. The maximum absolute atomic E-state index is 15.8. The number of hydrogen-bond acceptors (Lipinski definition) is 5. The molecule has 1 aliphatic rings. The van der Waals surface area contributed by atoms with E-state index >= 15 is 8.78 Å². The molecule has 1 saturated heterocycles. The molecule has 3 N–H and O–H groups in total. The van der Waals surface area contributed by atoms with Crippen molar-refractivity contribution >= 4 is 40.8 Å². The van der Waals surface area contributed by atoms with Gasteiger partial charge in [0.2, 0.25) is 5.91 Å². The highest BCUT2D eigenvalue weighted by Crippen LogP contribution is 2.53. The Bertz CT molecular complexity index is 1640. The van der Waals surface area contributed by atoms with E-state index in [0.29, 0.717) is 0 Å². The predicted molar refractivity (Wildman–Crippen MR) is 156 cm³/mol. The first-order chi connectivity index (χ1) is 20.1. The highest BCUT2D eigenvalue weighted by Gasteiger charge is 2.61. The number of carbonyl (C=O) groups excluding carboxylic acids is 1. The van der Waals surface area contributed by atoms with Crippen LogP contribution < -0.4 is 15.4 Å². The molecule has 1 fully saturated rings. The maximum Gasteiger partial charge on any atom is 0.338 e. The van der Waals surface area contributed by atoms with E-state index in [1.165, 1.54) is 37.4 Å². The van der Waals surface area contributed by atoms with Crippen LogP contribution >= 0.6 is 23.2 Å². The predicted octanol–water partition coefficient (Wildman–Crippen LogP) is 7.08. The number of hydrogen-bond donors (Lipinski definition) is 3. The van der Waals surface area contributed by atoms with Crippen molar-refractivity contribution in [2.24, 2.45) is 5.41 Å². The van der Waals surface area contributed by atoms with Gasteiger partial charge in [-0.05, 0) is 41.7 Å². The largest absolute Gasteiger partial charge is 0.495 e. The molecule has 1 amide bonds. The Morgan fingerprint density at radius 2 is 1.81 bits per heavy atom. The van der Waals surface area contributed by atoms with Gasteiger partial charge in [-0.1, -0.05) is 62.2 Å². The molecule has 4 unspecified atom stereocenters. The number of carboxylic acids is 1. The lowest BCUT2D eigenvalue weighted by Crippen LogP contribution is -2.45. The smallest absolute Gasteiger partial charge is 0.338 e. The Labute approximate surface area is 256 Å². The number of nitrogens with one attached hydrogen (secondary N) is 2. The number of ether oxygens (including phenoxy) is 1. The summed E-state index contributed by atoms with van der Waals surface area (Å²) in [5.74, 6) is -6.75. The summed E-state index contributed by atoms with van der Waals surface area (Å²) in [5, 5.41) is 25.7. The van der Waals surface area contributed by atoms with Crippen molar-refractivity contribution in [1.29, 1.82) is 5.26 Å². The van der Waals surface area contributed by atoms with Crippen molar-refractivity contribution in [1.82, 2.24) is 5.32 Å². The number of amides is 1. The first-order valence-corrected chi connectivity index (χ1v) is 13.9. The van der Waals surface area contributed by atoms with Crippen LogP contribution in [0.3, 0.4) is 0 Å². The number of rotatable bonds is 7. The van der Waals surface area contributed by atoms with Crippen LogP contribution in [0.5, 0.6) is 5.75 Å². The topological polar surface area (TPSA) is 111 Å². The molecule has 1 heterocycles. The van der Waals surface area contributed by atoms with Gasteiger partial charge in [0, 0.05) is 28.6 Å². The van der Waals surface area contributed by atoms with Crippen LogP contribution in [-0.2, 0) is 10.2 Å². The third-order valence-corrected chi connectivity index (χ3v) is 8.04. The monoisotopic (exact) mass is 633 g/mol. The normalized spacial score (nSPS) is 21.7. The van der Waals surface area contributed by atoms with E-state index in [4.69, 9.17) is 27.9 Å². The highest BCUT2D eigenvalue weighted by molar-refractivity contribution is 6.31. The van der Waals surface area contributed by atoms with Gasteiger partial charge in [0.05, 0.1) is 35.5 Å². The van der Waals surface area contributed by atoms with Crippen LogP contribution in [0.2, 0.25) is 10.0 Å². The van der Waals surface area contributed by atoms with E-state index in [1.807, 2.05) is 20.8 Å². The molecule has 3 aromatic rings. The van der Waals surface area contributed by atoms with E-state index in [1.54, 1.807) is 0 Å². The van der Waals surface area contributed by atoms with Crippen molar-refractivity contribution in [2.75, 3.05) is 12.4 Å². The summed E-state index contributed by atoms with van der Waals surface area (Å²) in [6, 6.07) is 9.57. The quantitative estimate of drug-likeness (QED) is 0.256. The zero-order valence-corrected chi connectivity index (χ0v) is 25.1. The second kappa shape index (κ2) is 12.1. The Morgan fingerprint density at radius 3 is 2.40 bits per heavy atom. The van der Waals surface area contributed by atoms with Gasteiger partial charge in [-0.15, -0.1) is 0 Å². The molecule has 4 rings (SSSR count). The lowest BCUT2D eigenvalue weighted by atomic mass is 9.62.